The van der Waals surface area contributed by atoms with E-state index in [-0.39, 0.29) is 5.54 Å². The van der Waals surface area contributed by atoms with Gasteiger partial charge in [-0.1, -0.05) is 17.7 Å². The smallest absolute Gasteiger partial charge is 0.171 e. The molecule has 0 aromatic heterocycles. The summed E-state index contributed by atoms with van der Waals surface area (Å²) in [6.45, 7) is 2.03. The van der Waals surface area contributed by atoms with Crippen LogP contribution in [0.2, 0.25) is 5.02 Å². The molecule has 2 nitrogen and oxygen atoms in total. The first-order valence-corrected chi connectivity index (χ1v) is 9.16. The summed E-state index contributed by atoms with van der Waals surface area (Å²) in [6.07, 6.45) is 8.26. The van der Waals surface area contributed by atoms with E-state index in [0.29, 0.717) is 0 Å². The average Bonchev–Trinajstić information content (AvgIpc) is 2.41. The van der Waals surface area contributed by atoms with Gasteiger partial charge in [0.1, 0.15) is 0 Å². The Morgan fingerprint density at radius 2 is 1.73 bits per heavy atom. The molecule has 0 heterocycles. The van der Waals surface area contributed by atoms with Gasteiger partial charge in [0.05, 0.1) is 0 Å². The van der Waals surface area contributed by atoms with Crippen molar-refractivity contribution in [3.8, 4) is 0 Å². The minimum absolute atomic E-state index is 0.255. The molecular formula is C18H23ClN2S. The first-order valence-electron chi connectivity index (χ1n) is 8.37. The van der Waals surface area contributed by atoms with Crippen LogP contribution in [0.3, 0.4) is 0 Å². The lowest BCUT2D eigenvalue weighted by Crippen LogP contribution is -2.60. The highest BCUT2D eigenvalue weighted by Gasteiger charge is 2.51. The van der Waals surface area contributed by atoms with E-state index in [1.807, 2.05) is 25.1 Å². The van der Waals surface area contributed by atoms with Gasteiger partial charge in [-0.2, -0.15) is 0 Å². The Balaban J connectivity index is 1.47. The quantitative estimate of drug-likeness (QED) is 0.752. The van der Waals surface area contributed by atoms with Crippen LogP contribution in [-0.2, 0) is 0 Å². The first-order chi connectivity index (χ1) is 10.5. The SMILES string of the molecule is Cc1c(Cl)cccc1NC(=S)NC12CC3CC(CC(C3)C1)C2. The molecule has 0 radical (unpaired) electrons. The van der Waals surface area contributed by atoms with E-state index < -0.39 is 0 Å². The zero-order valence-electron chi connectivity index (χ0n) is 13.0. The molecule has 0 spiro atoms. The van der Waals surface area contributed by atoms with Crippen LogP contribution in [-0.4, -0.2) is 10.7 Å². The summed E-state index contributed by atoms with van der Waals surface area (Å²) < 4.78 is 0. The summed E-state index contributed by atoms with van der Waals surface area (Å²) in [5, 5.41) is 8.60. The molecule has 0 unspecified atom stereocenters. The van der Waals surface area contributed by atoms with Crippen LogP contribution >= 0.6 is 23.8 Å². The number of thiocarbonyl (C=S) groups is 1. The lowest BCUT2D eigenvalue weighted by Gasteiger charge is -2.57. The Labute approximate surface area is 143 Å². The molecule has 1 aromatic rings. The second-order valence-corrected chi connectivity index (χ2v) is 8.50. The summed E-state index contributed by atoms with van der Waals surface area (Å²) in [5.74, 6) is 2.78. The fourth-order valence-corrected chi connectivity index (χ4v) is 5.90. The molecule has 0 atom stereocenters. The maximum absolute atomic E-state index is 6.19. The van der Waals surface area contributed by atoms with Crippen molar-refractivity contribution in [2.24, 2.45) is 17.8 Å². The minimum atomic E-state index is 0.255. The van der Waals surface area contributed by atoms with Gasteiger partial charge in [-0.25, -0.2) is 0 Å². The summed E-state index contributed by atoms with van der Waals surface area (Å²) in [4.78, 5) is 0. The minimum Gasteiger partial charge on any atom is -0.357 e. The lowest BCUT2D eigenvalue weighted by molar-refractivity contribution is -0.00972. The van der Waals surface area contributed by atoms with Crippen molar-refractivity contribution >= 4 is 34.6 Å². The molecule has 2 N–H and O–H groups in total. The fourth-order valence-electron chi connectivity index (χ4n) is 5.40. The van der Waals surface area contributed by atoms with E-state index >= 15 is 0 Å². The van der Waals surface area contributed by atoms with Gasteiger partial charge in [-0.15, -0.1) is 0 Å². The van der Waals surface area contributed by atoms with E-state index in [0.717, 1.165) is 39.1 Å². The third-order valence-electron chi connectivity index (χ3n) is 5.93. The molecule has 4 aliphatic carbocycles. The second kappa shape index (κ2) is 5.38. The van der Waals surface area contributed by atoms with Gasteiger partial charge in [0.2, 0.25) is 0 Å². The lowest BCUT2D eigenvalue weighted by atomic mass is 9.53. The molecule has 118 valence electrons. The van der Waals surface area contributed by atoms with Gasteiger partial charge in [0, 0.05) is 16.2 Å². The Kier molecular flexibility index (Phi) is 3.61. The predicted molar refractivity (Wildman–Crippen MR) is 96.4 cm³/mol. The molecule has 0 aliphatic heterocycles. The summed E-state index contributed by atoms with van der Waals surface area (Å²) in [7, 11) is 0. The Morgan fingerprint density at radius 1 is 1.14 bits per heavy atom. The molecule has 4 heteroatoms. The van der Waals surface area contributed by atoms with Gasteiger partial charge in [-0.05, 0) is 93.1 Å². The number of anilines is 1. The van der Waals surface area contributed by atoms with Crippen LogP contribution in [0.5, 0.6) is 0 Å². The molecule has 4 aliphatic rings. The van der Waals surface area contributed by atoms with Crippen molar-refractivity contribution in [3.63, 3.8) is 0 Å². The molecule has 1 aromatic carbocycles. The number of benzene rings is 1. The molecule has 4 fully saturated rings. The Bertz CT molecular complexity index is 578. The molecule has 22 heavy (non-hydrogen) atoms. The zero-order chi connectivity index (χ0) is 15.3. The first kappa shape index (κ1) is 14.8. The van der Waals surface area contributed by atoms with E-state index in [2.05, 4.69) is 10.6 Å². The van der Waals surface area contributed by atoms with Gasteiger partial charge in [0.15, 0.2) is 5.11 Å². The standard InChI is InChI=1S/C18H23ClN2S/c1-11-15(19)3-2-4-16(11)20-17(22)21-18-8-12-5-13(9-18)7-14(6-12)10-18/h2-4,12-14H,5-10H2,1H3,(H2,20,21,22). The highest BCUT2D eigenvalue weighted by Crippen LogP contribution is 2.55. The van der Waals surface area contributed by atoms with Crippen molar-refractivity contribution in [3.05, 3.63) is 28.8 Å². The summed E-state index contributed by atoms with van der Waals surface area (Å²) in [5.41, 5.74) is 2.32. The van der Waals surface area contributed by atoms with Crippen molar-refractivity contribution in [2.75, 3.05) is 5.32 Å². The number of rotatable bonds is 2. The number of hydrogen-bond donors (Lipinski definition) is 2. The highest BCUT2D eigenvalue weighted by atomic mass is 35.5. The van der Waals surface area contributed by atoms with Gasteiger partial charge < -0.3 is 10.6 Å². The molecule has 0 saturated heterocycles. The topological polar surface area (TPSA) is 24.1 Å². The highest BCUT2D eigenvalue weighted by molar-refractivity contribution is 7.80. The van der Waals surface area contributed by atoms with Crippen molar-refractivity contribution < 1.29 is 0 Å². The van der Waals surface area contributed by atoms with Crippen molar-refractivity contribution in [1.82, 2.24) is 5.32 Å². The Hall–Kier alpha value is -0.800. The zero-order valence-corrected chi connectivity index (χ0v) is 14.6. The van der Waals surface area contributed by atoms with E-state index in [1.165, 1.54) is 38.5 Å². The average molecular weight is 335 g/mol. The van der Waals surface area contributed by atoms with Gasteiger partial charge in [-0.3, -0.25) is 0 Å². The van der Waals surface area contributed by atoms with Crippen LogP contribution in [0.1, 0.15) is 44.1 Å². The van der Waals surface area contributed by atoms with Crippen LogP contribution in [0.4, 0.5) is 5.69 Å². The third kappa shape index (κ3) is 2.63. The normalized spacial score (nSPS) is 35.5. The third-order valence-corrected chi connectivity index (χ3v) is 6.55. The van der Waals surface area contributed by atoms with E-state index in [1.54, 1.807) is 0 Å². The Morgan fingerprint density at radius 3 is 2.32 bits per heavy atom. The maximum atomic E-state index is 6.19. The van der Waals surface area contributed by atoms with Gasteiger partial charge >= 0.3 is 0 Å². The van der Waals surface area contributed by atoms with E-state index in [9.17, 15) is 0 Å². The van der Waals surface area contributed by atoms with Crippen LogP contribution < -0.4 is 10.6 Å². The monoisotopic (exact) mass is 334 g/mol. The molecule has 4 saturated carbocycles. The van der Waals surface area contributed by atoms with Crippen molar-refractivity contribution in [2.45, 2.75) is 51.0 Å². The van der Waals surface area contributed by atoms with E-state index in [4.69, 9.17) is 23.8 Å². The molecular weight excluding hydrogens is 312 g/mol. The van der Waals surface area contributed by atoms with Gasteiger partial charge in [0.25, 0.3) is 0 Å². The summed E-state index contributed by atoms with van der Waals surface area (Å²) >= 11 is 11.8. The van der Waals surface area contributed by atoms with Crippen LogP contribution in [0.25, 0.3) is 0 Å². The number of nitrogens with one attached hydrogen (secondary N) is 2. The summed E-state index contributed by atoms with van der Waals surface area (Å²) in [6, 6.07) is 5.91. The second-order valence-electron chi connectivity index (χ2n) is 7.69. The molecule has 4 bridgehead atoms. The maximum Gasteiger partial charge on any atom is 0.171 e. The largest absolute Gasteiger partial charge is 0.357 e. The fraction of sp³-hybridized carbons (Fsp3) is 0.611. The van der Waals surface area contributed by atoms with Crippen LogP contribution in [0.15, 0.2) is 18.2 Å². The van der Waals surface area contributed by atoms with Crippen molar-refractivity contribution in [1.29, 1.82) is 0 Å². The predicted octanol–water partition coefficient (Wildman–Crippen LogP) is 4.90. The number of halogens is 1. The molecule has 5 rings (SSSR count). The van der Waals surface area contributed by atoms with Crippen LogP contribution in [0, 0.1) is 24.7 Å². The number of hydrogen-bond acceptors (Lipinski definition) is 1. The molecule has 0 amide bonds.